The summed E-state index contributed by atoms with van der Waals surface area (Å²) < 4.78 is 12.6. The quantitative estimate of drug-likeness (QED) is 0.616. The highest BCUT2D eigenvalue weighted by atomic mass is 16.5. The van der Waals surface area contributed by atoms with Gasteiger partial charge in [0.25, 0.3) is 0 Å². The molecule has 0 aliphatic rings. The summed E-state index contributed by atoms with van der Waals surface area (Å²) in [5, 5.41) is 11.5. The summed E-state index contributed by atoms with van der Waals surface area (Å²) in [6, 6.07) is 11.6. The van der Waals surface area contributed by atoms with E-state index in [0.717, 1.165) is 28.0 Å². The maximum absolute atomic E-state index is 5.43. The van der Waals surface area contributed by atoms with Crippen LogP contribution >= 0.6 is 0 Å². The average Bonchev–Trinajstić information content (AvgIpc) is 3.12. The smallest absolute Gasteiger partial charge is 0.204 e. The number of nitrogens with one attached hydrogen (secondary N) is 1. The van der Waals surface area contributed by atoms with Crippen molar-refractivity contribution in [2.24, 2.45) is 0 Å². The van der Waals surface area contributed by atoms with Crippen molar-refractivity contribution in [2.45, 2.75) is 6.92 Å². The molecule has 126 valence electrons. The largest absolute Gasteiger partial charge is 0.497 e. The maximum atomic E-state index is 5.43. The molecule has 0 spiro atoms. The zero-order valence-corrected chi connectivity index (χ0v) is 14.1. The Morgan fingerprint density at radius 1 is 1.04 bits per heavy atom. The predicted molar refractivity (Wildman–Crippen MR) is 95.9 cm³/mol. The van der Waals surface area contributed by atoms with Crippen molar-refractivity contribution in [1.29, 1.82) is 0 Å². The number of aromatic nitrogens is 4. The topological polar surface area (TPSA) is 73.6 Å². The van der Waals surface area contributed by atoms with E-state index in [0.29, 0.717) is 17.2 Å². The fourth-order valence-corrected chi connectivity index (χ4v) is 2.79. The Hall–Kier alpha value is -3.35. The first kappa shape index (κ1) is 15.2. The highest BCUT2D eigenvalue weighted by Crippen LogP contribution is 2.32. The van der Waals surface area contributed by atoms with Crippen molar-refractivity contribution in [3.63, 3.8) is 0 Å². The van der Waals surface area contributed by atoms with Crippen LogP contribution in [0.25, 0.3) is 16.7 Å². The van der Waals surface area contributed by atoms with Crippen molar-refractivity contribution >= 4 is 28.2 Å². The fourth-order valence-electron chi connectivity index (χ4n) is 2.79. The summed E-state index contributed by atoms with van der Waals surface area (Å²) >= 11 is 0. The Labute approximate surface area is 144 Å². The van der Waals surface area contributed by atoms with Gasteiger partial charge >= 0.3 is 0 Å². The number of methoxy groups -OCH3 is 2. The molecule has 1 N–H and O–H groups in total. The molecule has 0 unspecified atom stereocenters. The second kappa shape index (κ2) is 5.94. The number of fused-ring (bicyclic) bond motifs is 3. The second-order valence-electron chi connectivity index (χ2n) is 5.67. The van der Waals surface area contributed by atoms with Gasteiger partial charge < -0.3 is 14.8 Å². The first-order valence-electron chi connectivity index (χ1n) is 7.79. The van der Waals surface area contributed by atoms with Gasteiger partial charge in [-0.3, -0.25) is 4.40 Å². The lowest BCUT2D eigenvalue weighted by Crippen LogP contribution is -2.02. The van der Waals surface area contributed by atoms with Crippen LogP contribution in [0, 0.1) is 6.92 Å². The lowest BCUT2D eigenvalue weighted by molar-refractivity contribution is 0.405. The third-order valence-corrected chi connectivity index (χ3v) is 4.04. The summed E-state index contributed by atoms with van der Waals surface area (Å²) in [6.07, 6.45) is 1.69. The Kier molecular flexibility index (Phi) is 3.61. The van der Waals surface area contributed by atoms with Gasteiger partial charge in [-0.15, -0.1) is 10.2 Å². The third kappa shape index (κ3) is 2.59. The zero-order valence-electron chi connectivity index (χ0n) is 14.1. The molecule has 7 heteroatoms. The van der Waals surface area contributed by atoms with Crippen LogP contribution < -0.4 is 14.8 Å². The van der Waals surface area contributed by atoms with Gasteiger partial charge in [0.05, 0.1) is 30.9 Å². The molecule has 0 bridgehead atoms. The summed E-state index contributed by atoms with van der Waals surface area (Å²) in [6.45, 7) is 2.04. The summed E-state index contributed by atoms with van der Waals surface area (Å²) in [5.41, 5.74) is 4.35. The number of ether oxygens (including phenoxy) is 2. The van der Waals surface area contributed by atoms with E-state index in [9.17, 15) is 0 Å². The molecule has 0 fully saturated rings. The van der Waals surface area contributed by atoms with Crippen molar-refractivity contribution in [2.75, 3.05) is 19.5 Å². The molecule has 25 heavy (non-hydrogen) atoms. The number of hydrogen-bond donors (Lipinski definition) is 1. The van der Waals surface area contributed by atoms with Crippen LogP contribution in [0.3, 0.4) is 0 Å². The van der Waals surface area contributed by atoms with Gasteiger partial charge in [-0.1, -0.05) is 6.07 Å². The molecular formula is C18H17N5O2. The van der Waals surface area contributed by atoms with Crippen LogP contribution in [-0.4, -0.2) is 33.8 Å². The summed E-state index contributed by atoms with van der Waals surface area (Å²) in [7, 11) is 3.25. The van der Waals surface area contributed by atoms with Gasteiger partial charge in [0.15, 0.2) is 5.82 Å². The maximum Gasteiger partial charge on any atom is 0.204 e. The average molecular weight is 335 g/mol. The van der Waals surface area contributed by atoms with E-state index in [4.69, 9.17) is 14.5 Å². The standard InChI is InChI=1S/C18H17N5O2/c1-11-4-6-13-15(8-11)23-10-19-22-18(23)17(20-13)21-14-9-12(24-2)5-7-16(14)25-3/h4-10H,1-3H3,(H,20,21). The summed E-state index contributed by atoms with van der Waals surface area (Å²) in [4.78, 5) is 4.71. The highest BCUT2D eigenvalue weighted by molar-refractivity contribution is 5.85. The van der Waals surface area contributed by atoms with E-state index >= 15 is 0 Å². The summed E-state index contributed by atoms with van der Waals surface area (Å²) in [5.74, 6) is 2.00. The normalized spacial score (nSPS) is 11.0. The first-order valence-corrected chi connectivity index (χ1v) is 7.79. The first-order chi connectivity index (χ1) is 12.2. The number of hydrogen-bond acceptors (Lipinski definition) is 6. The molecule has 2 heterocycles. The lowest BCUT2D eigenvalue weighted by atomic mass is 10.2. The van der Waals surface area contributed by atoms with E-state index in [-0.39, 0.29) is 0 Å². The predicted octanol–water partition coefficient (Wildman–Crippen LogP) is 3.35. The van der Waals surface area contributed by atoms with Crippen LogP contribution in [-0.2, 0) is 0 Å². The molecule has 4 aromatic rings. The van der Waals surface area contributed by atoms with Crippen LogP contribution in [0.15, 0.2) is 42.7 Å². The molecule has 0 radical (unpaired) electrons. The minimum atomic E-state index is 0.598. The van der Waals surface area contributed by atoms with Crippen LogP contribution in [0.1, 0.15) is 5.56 Å². The van der Waals surface area contributed by atoms with E-state index in [1.165, 1.54) is 0 Å². The SMILES string of the molecule is COc1ccc(OC)c(Nc2nc3ccc(C)cc3n3cnnc23)c1. The zero-order chi connectivity index (χ0) is 17.4. The molecule has 0 atom stereocenters. The van der Waals surface area contributed by atoms with E-state index in [1.54, 1.807) is 20.5 Å². The van der Waals surface area contributed by atoms with E-state index in [2.05, 4.69) is 21.6 Å². The number of rotatable bonds is 4. The Morgan fingerprint density at radius 3 is 2.72 bits per heavy atom. The van der Waals surface area contributed by atoms with E-state index < -0.39 is 0 Å². The Bertz CT molecular complexity index is 1070. The molecule has 0 saturated heterocycles. The molecule has 0 aliphatic carbocycles. The van der Waals surface area contributed by atoms with Crippen LogP contribution in [0.4, 0.5) is 11.5 Å². The molecule has 4 rings (SSSR count). The van der Waals surface area contributed by atoms with Gasteiger partial charge in [0.2, 0.25) is 5.65 Å². The Morgan fingerprint density at radius 2 is 1.92 bits per heavy atom. The van der Waals surface area contributed by atoms with Crippen molar-refractivity contribution in [3.8, 4) is 11.5 Å². The third-order valence-electron chi connectivity index (χ3n) is 4.04. The molecule has 0 amide bonds. The number of aryl methyl sites for hydroxylation is 1. The second-order valence-corrected chi connectivity index (χ2v) is 5.67. The van der Waals surface area contributed by atoms with Crippen LogP contribution in [0.2, 0.25) is 0 Å². The van der Waals surface area contributed by atoms with Crippen molar-refractivity contribution < 1.29 is 9.47 Å². The van der Waals surface area contributed by atoms with E-state index in [1.807, 2.05) is 41.7 Å². The fraction of sp³-hybridized carbons (Fsp3) is 0.167. The molecule has 7 nitrogen and oxygen atoms in total. The minimum Gasteiger partial charge on any atom is -0.497 e. The molecule has 0 saturated carbocycles. The minimum absolute atomic E-state index is 0.598. The van der Waals surface area contributed by atoms with Gasteiger partial charge in [0.1, 0.15) is 17.8 Å². The Balaban J connectivity index is 1.89. The van der Waals surface area contributed by atoms with Gasteiger partial charge in [-0.2, -0.15) is 0 Å². The van der Waals surface area contributed by atoms with Crippen LogP contribution in [0.5, 0.6) is 11.5 Å². The molecule has 2 aromatic heterocycles. The van der Waals surface area contributed by atoms with Crippen molar-refractivity contribution in [1.82, 2.24) is 19.6 Å². The monoisotopic (exact) mass is 335 g/mol. The number of benzene rings is 2. The lowest BCUT2D eigenvalue weighted by Gasteiger charge is -2.13. The molecule has 0 aliphatic heterocycles. The molecule has 2 aromatic carbocycles. The highest BCUT2D eigenvalue weighted by Gasteiger charge is 2.13. The number of anilines is 2. The van der Waals surface area contributed by atoms with Gasteiger partial charge in [0, 0.05) is 6.07 Å². The number of nitrogens with zero attached hydrogens (tertiary/aromatic N) is 4. The molecular weight excluding hydrogens is 318 g/mol. The van der Waals surface area contributed by atoms with Gasteiger partial charge in [-0.05, 0) is 36.8 Å². The van der Waals surface area contributed by atoms with Gasteiger partial charge in [-0.25, -0.2) is 4.98 Å². The van der Waals surface area contributed by atoms with Crippen molar-refractivity contribution in [3.05, 3.63) is 48.3 Å².